The standard InChI is InChI=1S/C23H26Cl2FN5O3/c1-23(2,22(32)28-7-9-33-3)31-13-15(12-30-31)14-10-19(21(27)29-11-14)34-8-6-16-17(24)4-5-18(26)20(16)25/h4-5,10-13H,6-9H2,1-3H3,(H2,27,29)(H,28,32). The minimum Gasteiger partial charge on any atom is -0.489 e. The van der Waals surface area contributed by atoms with Gasteiger partial charge in [-0.1, -0.05) is 23.2 Å². The number of nitrogens with two attached hydrogens (primary N) is 1. The van der Waals surface area contributed by atoms with Gasteiger partial charge in [0.25, 0.3) is 0 Å². The van der Waals surface area contributed by atoms with E-state index < -0.39 is 11.4 Å². The SMILES string of the molecule is COCCNC(=O)C(C)(C)n1cc(-c2cnc(N)c(OCCc3c(Cl)ccc(F)c3Cl)c2)cn1. The summed E-state index contributed by atoms with van der Waals surface area (Å²) < 4.78 is 26.1. The van der Waals surface area contributed by atoms with Crippen molar-refractivity contribution in [2.75, 3.05) is 32.6 Å². The van der Waals surface area contributed by atoms with Crippen molar-refractivity contribution in [2.24, 2.45) is 0 Å². The number of nitrogens with one attached hydrogen (secondary N) is 1. The maximum absolute atomic E-state index is 13.7. The van der Waals surface area contributed by atoms with Crippen molar-refractivity contribution in [3.05, 3.63) is 58.2 Å². The van der Waals surface area contributed by atoms with E-state index in [0.717, 1.165) is 5.56 Å². The van der Waals surface area contributed by atoms with E-state index in [1.807, 2.05) is 0 Å². The molecule has 3 aromatic rings. The van der Waals surface area contributed by atoms with Gasteiger partial charge in [-0.05, 0) is 37.6 Å². The Labute approximate surface area is 207 Å². The van der Waals surface area contributed by atoms with Gasteiger partial charge in [-0.15, -0.1) is 0 Å². The smallest absolute Gasteiger partial charge is 0.247 e. The van der Waals surface area contributed by atoms with Gasteiger partial charge >= 0.3 is 0 Å². The molecule has 0 aliphatic heterocycles. The highest BCUT2D eigenvalue weighted by Crippen LogP contribution is 2.30. The molecule has 34 heavy (non-hydrogen) atoms. The van der Waals surface area contributed by atoms with Crippen LogP contribution in [0.4, 0.5) is 10.2 Å². The molecule has 1 aromatic carbocycles. The number of halogens is 3. The Balaban J connectivity index is 1.72. The first-order chi connectivity index (χ1) is 16.1. The summed E-state index contributed by atoms with van der Waals surface area (Å²) in [6, 6.07) is 4.39. The number of carbonyl (C=O) groups excluding carboxylic acids is 1. The molecular formula is C23H26Cl2FN5O3. The predicted octanol–water partition coefficient (Wildman–Crippen LogP) is 4.09. The van der Waals surface area contributed by atoms with Gasteiger partial charge in [-0.3, -0.25) is 9.48 Å². The van der Waals surface area contributed by atoms with E-state index in [1.54, 1.807) is 50.3 Å². The molecule has 0 fully saturated rings. The number of carbonyl (C=O) groups is 1. The monoisotopic (exact) mass is 509 g/mol. The Bertz CT molecular complexity index is 1170. The molecule has 2 aromatic heterocycles. The highest BCUT2D eigenvalue weighted by Gasteiger charge is 2.30. The highest BCUT2D eigenvalue weighted by molar-refractivity contribution is 6.36. The molecular weight excluding hydrogens is 484 g/mol. The first kappa shape index (κ1) is 25.7. The summed E-state index contributed by atoms with van der Waals surface area (Å²) in [4.78, 5) is 16.8. The number of nitrogen functional groups attached to an aromatic ring is 1. The van der Waals surface area contributed by atoms with Gasteiger partial charge in [0, 0.05) is 48.6 Å². The summed E-state index contributed by atoms with van der Waals surface area (Å²) in [6.45, 7) is 4.52. The largest absolute Gasteiger partial charge is 0.489 e. The van der Waals surface area contributed by atoms with Crippen LogP contribution < -0.4 is 15.8 Å². The van der Waals surface area contributed by atoms with Gasteiger partial charge in [0.2, 0.25) is 5.91 Å². The third kappa shape index (κ3) is 5.78. The summed E-state index contributed by atoms with van der Waals surface area (Å²) >= 11 is 12.1. The molecule has 0 aliphatic carbocycles. The number of anilines is 1. The first-order valence-corrected chi connectivity index (χ1v) is 11.2. The first-order valence-electron chi connectivity index (χ1n) is 10.5. The van der Waals surface area contributed by atoms with Gasteiger partial charge in [0.15, 0.2) is 11.6 Å². The Morgan fingerprint density at radius 2 is 2.00 bits per heavy atom. The summed E-state index contributed by atoms with van der Waals surface area (Å²) in [6.07, 6.45) is 5.26. The fraction of sp³-hybridized carbons (Fsp3) is 0.348. The van der Waals surface area contributed by atoms with Gasteiger partial charge < -0.3 is 20.5 Å². The Morgan fingerprint density at radius 1 is 1.24 bits per heavy atom. The Kier molecular flexibility index (Phi) is 8.35. The van der Waals surface area contributed by atoms with E-state index in [1.165, 1.54) is 12.1 Å². The second kappa shape index (κ2) is 11.0. The molecule has 0 bridgehead atoms. The van der Waals surface area contributed by atoms with Crippen molar-refractivity contribution in [3.63, 3.8) is 0 Å². The van der Waals surface area contributed by atoms with Crippen LogP contribution in [-0.2, 0) is 21.5 Å². The zero-order valence-corrected chi connectivity index (χ0v) is 20.6. The van der Waals surface area contributed by atoms with E-state index in [-0.39, 0.29) is 29.8 Å². The second-order valence-corrected chi connectivity index (χ2v) is 8.79. The number of amides is 1. The second-order valence-electron chi connectivity index (χ2n) is 8.01. The van der Waals surface area contributed by atoms with E-state index in [9.17, 15) is 9.18 Å². The molecule has 0 aliphatic rings. The molecule has 0 atom stereocenters. The minimum absolute atomic E-state index is 0.0303. The average molecular weight is 510 g/mol. The van der Waals surface area contributed by atoms with Gasteiger partial charge in [0.1, 0.15) is 11.4 Å². The lowest BCUT2D eigenvalue weighted by molar-refractivity contribution is -0.129. The molecule has 0 saturated carbocycles. The van der Waals surface area contributed by atoms with Crippen molar-refractivity contribution in [3.8, 4) is 16.9 Å². The van der Waals surface area contributed by atoms with E-state index in [0.29, 0.717) is 35.1 Å². The zero-order chi connectivity index (χ0) is 24.9. The number of hydrogen-bond acceptors (Lipinski definition) is 6. The number of benzene rings is 1. The molecule has 8 nitrogen and oxygen atoms in total. The van der Waals surface area contributed by atoms with Crippen LogP contribution in [-0.4, -0.2) is 47.5 Å². The van der Waals surface area contributed by atoms with Crippen LogP contribution in [0.25, 0.3) is 11.1 Å². The molecule has 11 heteroatoms. The maximum atomic E-state index is 13.7. The van der Waals surface area contributed by atoms with Crippen molar-refractivity contribution >= 4 is 34.9 Å². The van der Waals surface area contributed by atoms with Gasteiger partial charge in [0.05, 0.1) is 24.4 Å². The number of ether oxygens (including phenoxy) is 2. The number of nitrogens with zero attached hydrogens (tertiary/aromatic N) is 3. The number of aromatic nitrogens is 3. The Hall–Kier alpha value is -2.88. The molecule has 2 heterocycles. The molecule has 0 spiro atoms. The minimum atomic E-state index is -0.921. The van der Waals surface area contributed by atoms with Gasteiger partial charge in [-0.2, -0.15) is 5.10 Å². The third-order valence-corrected chi connectivity index (χ3v) is 6.03. The Morgan fingerprint density at radius 3 is 2.74 bits per heavy atom. The number of rotatable bonds is 10. The average Bonchev–Trinajstić information content (AvgIpc) is 3.31. The predicted molar refractivity (Wildman–Crippen MR) is 130 cm³/mol. The maximum Gasteiger partial charge on any atom is 0.247 e. The number of hydrogen-bond donors (Lipinski definition) is 2. The summed E-state index contributed by atoms with van der Waals surface area (Å²) in [5, 5.41) is 7.50. The van der Waals surface area contributed by atoms with Gasteiger partial charge in [-0.25, -0.2) is 9.37 Å². The normalized spacial score (nSPS) is 11.5. The molecule has 0 radical (unpaired) electrons. The molecule has 3 N–H and O–H groups in total. The quantitative estimate of drug-likeness (QED) is 0.315. The van der Waals surface area contributed by atoms with E-state index in [4.69, 9.17) is 38.4 Å². The topological polar surface area (TPSA) is 104 Å². The van der Waals surface area contributed by atoms with Crippen LogP contribution in [0.5, 0.6) is 5.75 Å². The van der Waals surface area contributed by atoms with E-state index >= 15 is 0 Å². The molecule has 0 saturated heterocycles. The van der Waals surface area contributed by atoms with Crippen LogP contribution in [0.3, 0.4) is 0 Å². The number of pyridine rings is 1. The van der Waals surface area contributed by atoms with Crippen LogP contribution in [0.1, 0.15) is 19.4 Å². The summed E-state index contributed by atoms with van der Waals surface area (Å²) in [5.41, 5.74) is 6.94. The summed E-state index contributed by atoms with van der Waals surface area (Å²) in [7, 11) is 1.57. The fourth-order valence-corrected chi connectivity index (χ4v) is 3.71. The lowest BCUT2D eigenvalue weighted by atomic mass is 10.0. The van der Waals surface area contributed by atoms with Crippen molar-refractivity contribution in [1.29, 1.82) is 0 Å². The van der Waals surface area contributed by atoms with Crippen LogP contribution >= 0.6 is 23.2 Å². The van der Waals surface area contributed by atoms with Crippen LogP contribution in [0.2, 0.25) is 10.0 Å². The third-order valence-electron chi connectivity index (χ3n) is 5.27. The number of methoxy groups -OCH3 is 1. The zero-order valence-electron chi connectivity index (χ0n) is 19.1. The highest BCUT2D eigenvalue weighted by atomic mass is 35.5. The molecule has 1 amide bonds. The van der Waals surface area contributed by atoms with Crippen molar-refractivity contribution in [2.45, 2.75) is 25.8 Å². The molecule has 3 rings (SSSR count). The van der Waals surface area contributed by atoms with Crippen LogP contribution in [0, 0.1) is 5.82 Å². The lowest BCUT2D eigenvalue weighted by Gasteiger charge is -2.24. The van der Waals surface area contributed by atoms with Crippen molar-refractivity contribution < 1.29 is 18.7 Å². The van der Waals surface area contributed by atoms with Crippen LogP contribution in [0.15, 0.2) is 36.8 Å². The van der Waals surface area contributed by atoms with E-state index in [2.05, 4.69) is 15.4 Å². The summed E-state index contributed by atoms with van der Waals surface area (Å²) in [5.74, 6) is -0.180. The fourth-order valence-electron chi connectivity index (χ4n) is 3.15. The molecule has 182 valence electrons. The van der Waals surface area contributed by atoms with Crippen molar-refractivity contribution in [1.82, 2.24) is 20.1 Å². The molecule has 0 unspecified atom stereocenters. The lowest BCUT2D eigenvalue weighted by Crippen LogP contribution is -2.45.